The minimum Gasteiger partial charge on any atom is -0.277 e. The number of nitrogens with one attached hydrogen (secondary N) is 1. The van der Waals surface area contributed by atoms with Gasteiger partial charge in [-0.25, -0.2) is 5.48 Å². The molecule has 0 heterocycles. The number of rotatable bonds is 3. The molecule has 0 unspecified atom stereocenters. The molecule has 1 amide bonds. The van der Waals surface area contributed by atoms with Crippen LogP contribution in [0.4, 0.5) is 0 Å². The van der Waals surface area contributed by atoms with Gasteiger partial charge < -0.3 is 0 Å². The predicted molar refractivity (Wildman–Crippen MR) is 61.7 cm³/mol. The highest BCUT2D eigenvalue weighted by atomic mass is 16.6. The van der Waals surface area contributed by atoms with Crippen LogP contribution in [-0.4, -0.2) is 13.0 Å². The lowest BCUT2D eigenvalue weighted by Gasteiger charge is -2.27. The molecule has 86 valence electrons. The molecule has 1 aliphatic carbocycles. The van der Waals surface area contributed by atoms with Gasteiger partial charge in [0.05, 0.1) is 12.5 Å². The van der Waals surface area contributed by atoms with Crippen molar-refractivity contribution in [1.29, 1.82) is 0 Å². The summed E-state index contributed by atoms with van der Waals surface area (Å²) in [6.07, 6.45) is 4.02. The second-order valence-corrected chi connectivity index (χ2v) is 4.29. The van der Waals surface area contributed by atoms with Crippen molar-refractivity contribution < 1.29 is 9.63 Å². The van der Waals surface area contributed by atoms with E-state index in [2.05, 4.69) is 5.48 Å². The summed E-state index contributed by atoms with van der Waals surface area (Å²) in [5, 5.41) is 0. The maximum Gasteiger partial charge on any atom is 0.254 e. The van der Waals surface area contributed by atoms with E-state index in [0.29, 0.717) is 0 Å². The van der Waals surface area contributed by atoms with Crippen LogP contribution in [-0.2, 0) is 15.0 Å². The maximum absolute atomic E-state index is 12.1. The summed E-state index contributed by atoms with van der Waals surface area (Å²) >= 11 is 0. The summed E-state index contributed by atoms with van der Waals surface area (Å²) < 4.78 is 0. The lowest BCUT2D eigenvalue weighted by atomic mass is 9.78. The predicted octanol–water partition coefficient (Wildman–Crippen LogP) is 2.18. The molecule has 2 rings (SSSR count). The third kappa shape index (κ3) is 1.83. The molecule has 0 radical (unpaired) electrons. The number of hydrogen-bond acceptors (Lipinski definition) is 2. The molecular weight excluding hydrogens is 202 g/mol. The van der Waals surface area contributed by atoms with Gasteiger partial charge in [-0.05, 0) is 18.4 Å². The van der Waals surface area contributed by atoms with E-state index in [0.717, 1.165) is 31.2 Å². The largest absolute Gasteiger partial charge is 0.277 e. The Kier molecular flexibility index (Phi) is 3.25. The molecule has 0 saturated heterocycles. The number of benzene rings is 1. The second-order valence-electron chi connectivity index (χ2n) is 4.29. The molecule has 0 aliphatic heterocycles. The summed E-state index contributed by atoms with van der Waals surface area (Å²) in [7, 11) is 1.48. The van der Waals surface area contributed by atoms with E-state index in [1.807, 2.05) is 30.3 Å². The second kappa shape index (κ2) is 4.66. The van der Waals surface area contributed by atoms with Gasteiger partial charge in [-0.1, -0.05) is 43.2 Å². The Morgan fingerprint density at radius 1 is 1.25 bits per heavy atom. The van der Waals surface area contributed by atoms with Crippen molar-refractivity contribution in [3.8, 4) is 0 Å². The topological polar surface area (TPSA) is 38.3 Å². The average molecular weight is 219 g/mol. The van der Waals surface area contributed by atoms with Gasteiger partial charge in [0, 0.05) is 0 Å². The van der Waals surface area contributed by atoms with E-state index >= 15 is 0 Å². The Morgan fingerprint density at radius 2 is 1.88 bits per heavy atom. The van der Waals surface area contributed by atoms with E-state index in [-0.39, 0.29) is 11.3 Å². The zero-order chi connectivity index (χ0) is 11.4. The molecule has 1 N–H and O–H groups in total. The minimum absolute atomic E-state index is 0.0151. The number of hydrogen-bond donors (Lipinski definition) is 1. The van der Waals surface area contributed by atoms with Crippen molar-refractivity contribution in [3.63, 3.8) is 0 Å². The van der Waals surface area contributed by atoms with Crippen molar-refractivity contribution in [2.45, 2.75) is 31.1 Å². The van der Waals surface area contributed by atoms with Crippen LogP contribution in [0, 0.1) is 0 Å². The summed E-state index contributed by atoms with van der Waals surface area (Å²) in [5.41, 5.74) is 3.21. The molecule has 1 saturated carbocycles. The van der Waals surface area contributed by atoms with E-state index in [1.54, 1.807) is 0 Å². The van der Waals surface area contributed by atoms with Crippen molar-refractivity contribution in [2.75, 3.05) is 7.11 Å². The summed E-state index contributed by atoms with van der Waals surface area (Å²) in [6.45, 7) is 0. The Hall–Kier alpha value is -1.35. The van der Waals surface area contributed by atoms with Crippen molar-refractivity contribution in [2.24, 2.45) is 0 Å². The quantitative estimate of drug-likeness (QED) is 0.791. The van der Waals surface area contributed by atoms with Gasteiger partial charge in [0.2, 0.25) is 0 Å². The molecular formula is C13H17NO2. The van der Waals surface area contributed by atoms with Gasteiger partial charge in [-0.2, -0.15) is 0 Å². The minimum atomic E-state index is -0.378. The first-order valence-electron chi connectivity index (χ1n) is 5.68. The third-order valence-electron chi connectivity index (χ3n) is 3.41. The molecule has 16 heavy (non-hydrogen) atoms. The fraction of sp³-hybridized carbons (Fsp3) is 0.462. The van der Waals surface area contributed by atoms with E-state index in [1.165, 1.54) is 7.11 Å². The molecule has 3 nitrogen and oxygen atoms in total. The first-order valence-corrected chi connectivity index (χ1v) is 5.68. The normalized spacial score (nSPS) is 18.3. The molecule has 0 aromatic heterocycles. The standard InChI is InChI=1S/C13H17NO2/c1-16-14-12(15)13(9-5-6-10-13)11-7-3-2-4-8-11/h2-4,7-8H,5-6,9-10H2,1H3,(H,14,15). The van der Waals surface area contributed by atoms with Gasteiger partial charge in [0.1, 0.15) is 0 Å². The van der Waals surface area contributed by atoms with Crippen LogP contribution in [0.3, 0.4) is 0 Å². The van der Waals surface area contributed by atoms with Crippen LogP contribution in [0.25, 0.3) is 0 Å². The van der Waals surface area contributed by atoms with Crippen LogP contribution in [0.2, 0.25) is 0 Å². The van der Waals surface area contributed by atoms with Crippen LogP contribution >= 0.6 is 0 Å². The Morgan fingerprint density at radius 3 is 2.44 bits per heavy atom. The SMILES string of the molecule is CONC(=O)C1(c2ccccc2)CCCC1. The molecule has 1 aliphatic rings. The van der Waals surface area contributed by atoms with Gasteiger partial charge in [0.15, 0.2) is 0 Å². The van der Waals surface area contributed by atoms with Crippen LogP contribution in [0.1, 0.15) is 31.2 Å². The third-order valence-corrected chi connectivity index (χ3v) is 3.41. The molecule has 0 atom stereocenters. The van der Waals surface area contributed by atoms with Crippen molar-refractivity contribution >= 4 is 5.91 Å². The zero-order valence-corrected chi connectivity index (χ0v) is 9.53. The first-order chi connectivity index (χ1) is 7.79. The van der Waals surface area contributed by atoms with Crippen LogP contribution in [0.5, 0.6) is 0 Å². The fourth-order valence-electron chi connectivity index (χ4n) is 2.57. The lowest BCUT2D eigenvalue weighted by Crippen LogP contribution is -2.42. The lowest BCUT2D eigenvalue weighted by molar-refractivity contribution is -0.137. The van der Waals surface area contributed by atoms with Gasteiger partial charge >= 0.3 is 0 Å². The number of hydroxylamine groups is 1. The number of carbonyl (C=O) groups is 1. The molecule has 3 heteroatoms. The highest BCUT2D eigenvalue weighted by Crippen LogP contribution is 2.41. The Balaban J connectivity index is 2.32. The average Bonchev–Trinajstić information content (AvgIpc) is 2.81. The van der Waals surface area contributed by atoms with Crippen LogP contribution in [0.15, 0.2) is 30.3 Å². The number of amides is 1. The fourth-order valence-corrected chi connectivity index (χ4v) is 2.57. The first kappa shape index (κ1) is 11.1. The monoisotopic (exact) mass is 219 g/mol. The molecule has 0 spiro atoms. The van der Waals surface area contributed by atoms with Gasteiger partial charge in [0.25, 0.3) is 5.91 Å². The summed E-state index contributed by atoms with van der Waals surface area (Å²) in [6, 6.07) is 9.99. The zero-order valence-electron chi connectivity index (χ0n) is 9.53. The molecule has 0 bridgehead atoms. The van der Waals surface area contributed by atoms with E-state index in [9.17, 15) is 4.79 Å². The van der Waals surface area contributed by atoms with Gasteiger partial charge in [-0.3, -0.25) is 9.63 Å². The highest BCUT2D eigenvalue weighted by molar-refractivity contribution is 5.87. The maximum atomic E-state index is 12.1. The highest BCUT2D eigenvalue weighted by Gasteiger charge is 2.42. The van der Waals surface area contributed by atoms with E-state index < -0.39 is 0 Å². The van der Waals surface area contributed by atoms with Gasteiger partial charge in [-0.15, -0.1) is 0 Å². The molecule has 1 fully saturated rings. The number of carbonyl (C=O) groups excluding carboxylic acids is 1. The van der Waals surface area contributed by atoms with Crippen LogP contribution < -0.4 is 5.48 Å². The Bertz CT molecular complexity index is 355. The smallest absolute Gasteiger partial charge is 0.254 e. The van der Waals surface area contributed by atoms with Crippen molar-refractivity contribution in [3.05, 3.63) is 35.9 Å². The molecule has 1 aromatic carbocycles. The summed E-state index contributed by atoms with van der Waals surface area (Å²) in [5.74, 6) is -0.0151. The van der Waals surface area contributed by atoms with Crippen molar-refractivity contribution in [1.82, 2.24) is 5.48 Å². The summed E-state index contributed by atoms with van der Waals surface area (Å²) in [4.78, 5) is 16.9. The van der Waals surface area contributed by atoms with E-state index in [4.69, 9.17) is 4.84 Å². The molecule has 1 aromatic rings. The Labute approximate surface area is 95.8 Å².